The van der Waals surface area contributed by atoms with Crippen molar-refractivity contribution in [3.05, 3.63) is 65.5 Å². The normalized spacial score (nSPS) is 10.4. The maximum absolute atomic E-state index is 13.0. The van der Waals surface area contributed by atoms with Crippen LogP contribution in [0.1, 0.15) is 18.1 Å². The Hall–Kier alpha value is -2.20. The molecule has 0 aliphatic heterocycles. The molecule has 0 saturated carbocycles. The van der Waals surface area contributed by atoms with Crippen molar-refractivity contribution < 1.29 is 9.18 Å². The van der Waals surface area contributed by atoms with Crippen LogP contribution >= 0.6 is 0 Å². The molecule has 0 aliphatic rings. The van der Waals surface area contributed by atoms with E-state index in [2.05, 4.69) is 0 Å². The molecule has 0 saturated heterocycles. The van der Waals surface area contributed by atoms with Gasteiger partial charge in [-0.3, -0.25) is 4.79 Å². The lowest BCUT2D eigenvalue weighted by molar-refractivity contribution is -0.117. The SMILES string of the molecule is CCN(C(=O)Cc1ccc(CN)cc1)c1ccc(F)cc1. The van der Waals surface area contributed by atoms with Gasteiger partial charge in [0.05, 0.1) is 6.42 Å². The minimum Gasteiger partial charge on any atom is -0.326 e. The first-order valence-corrected chi connectivity index (χ1v) is 6.98. The van der Waals surface area contributed by atoms with E-state index in [1.54, 1.807) is 17.0 Å². The first kappa shape index (κ1) is 15.2. The van der Waals surface area contributed by atoms with E-state index < -0.39 is 0 Å². The van der Waals surface area contributed by atoms with Gasteiger partial charge in [0, 0.05) is 18.8 Å². The Bertz CT molecular complexity index is 593. The van der Waals surface area contributed by atoms with Gasteiger partial charge in [-0.1, -0.05) is 24.3 Å². The van der Waals surface area contributed by atoms with E-state index >= 15 is 0 Å². The molecule has 0 radical (unpaired) electrons. The fraction of sp³-hybridized carbons (Fsp3) is 0.235. The molecule has 110 valence electrons. The number of halogens is 1. The van der Waals surface area contributed by atoms with Gasteiger partial charge in [0.1, 0.15) is 5.82 Å². The highest BCUT2D eigenvalue weighted by Crippen LogP contribution is 2.16. The molecule has 2 rings (SSSR count). The van der Waals surface area contributed by atoms with Gasteiger partial charge >= 0.3 is 0 Å². The number of likely N-dealkylation sites (N-methyl/N-ethyl adjacent to an activating group) is 1. The second kappa shape index (κ2) is 6.99. The highest BCUT2D eigenvalue weighted by molar-refractivity contribution is 5.94. The zero-order valence-electron chi connectivity index (χ0n) is 12.1. The average molecular weight is 286 g/mol. The number of carbonyl (C=O) groups is 1. The molecule has 0 aliphatic carbocycles. The lowest BCUT2D eigenvalue weighted by atomic mass is 10.1. The van der Waals surface area contributed by atoms with Crippen molar-refractivity contribution in [2.45, 2.75) is 19.9 Å². The van der Waals surface area contributed by atoms with Crippen LogP contribution in [0.2, 0.25) is 0 Å². The van der Waals surface area contributed by atoms with E-state index in [1.165, 1.54) is 12.1 Å². The average Bonchev–Trinajstić information content (AvgIpc) is 2.50. The summed E-state index contributed by atoms with van der Waals surface area (Å²) in [5.41, 5.74) is 8.25. The van der Waals surface area contributed by atoms with E-state index in [-0.39, 0.29) is 11.7 Å². The van der Waals surface area contributed by atoms with E-state index in [0.717, 1.165) is 11.1 Å². The molecule has 0 spiro atoms. The van der Waals surface area contributed by atoms with Gasteiger partial charge in [0.15, 0.2) is 0 Å². The summed E-state index contributed by atoms with van der Waals surface area (Å²) in [4.78, 5) is 14.0. The Morgan fingerprint density at radius 3 is 2.14 bits per heavy atom. The van der Waals surface area contributed by atoms with Crippen molar-refractivity contribution in [2.75, 3.05) is 11.4 Å². The number of carbonyl (C=O) groups excluding carboxylic acids is 1. The minimum absolute atomic E-state index is 0.00962. The first-order chi connectivity index (χ1) is 10.1. The summed E-state index contributed by atoms with van der Waals surface area (Å²) in [5, 5.41) is 0. The molecule has 0 fully saturated rings. The molecule has 0 atom stereocenters. The Kier molecular flexibility index (Phi) is 5.06. The van der Waals surface area contributed by atoms with Crippen LogP contribution in [-0.2, 0) is 17.8 Å². The van der Waals surface area contributed by atoms with Crippen LogP contribution in [0.3, 0.4) is 0 Å². The van der Waals surface area contributed by atoms with Gasteiger partial charge in [-0.2, -0.15) is 0 Å². The predicted octanol–water partition coefficient (Wildman–Crippen LogP) is 2.88. The summed E-state index contributed by atoms with van der Waals surface area (Å²) in [6.45, 7) is 2.94. The number of amides is 1. The second-order valence-corrected chi connectivity index (χ2v) is 4.81. The molecule has 0 unspecified atom stereocenters. The molecular weight excluding hydrogens is 267 g/mol. The van der Waals surface area contributed by atoms with E-state index in [1.807, 2.05) is 31.2 Å². The summed E-state index contributed by atoms with van der Waals surface area (Å²) in [5.74, 6) is -0.316. The van der Waals surface area contributed by atoms with Gasteiger partial charge in [-0.05, 0) is 42.3 Å². The van der Waals surface area contributed by atoms with E-state index in [4.69, 9.17) is 5.73 Å². The zero-order chi connectivity index (χ0) is 15.2. The highest BCUT2D eigenvalue weighted by Gasteiger charge is 2.14. The van der Waals surface area contributed by atoms with Crippen molar-refractivity contribution in [1.29, 1.82) is 0 Å². The molecule has 21 heavy (non-hydrogen) atoms. The quantitative estimate of drug-likeness (QED) is 0.918. The van der Waals surface area contributed by atoms with Crippen molar-refractivity contribution in [1.82, 2.24) is 0 Å². The molecular formula is C17H19FN2O. The Labute approximate surface area is 124 Å². The number of anilines is 1. The maximum atomic E-state index is 13.0. The van der Waals surface area contributed by atoms with Crippen molar-refractivity contribution >= 4 is 11.6 Å². The standard InChI is InChI=1S/C17H19FN2O/c1-2-20(16-9-7-15(18)8-10-16)17(21)11-13-3-5-14(12-19)6-4-13/h3-10H,2,11-12,19H2,1H3. The van der Waals surface area contributed by atoms with Crippen LogP contribution in [0.15, 0.2) is 48.5 Å². The summed E-state index contributed by atoms with van der Waals surface area (Å²) in [6, 6.07) is 13.6. The van der Waals surface area contributed by atoms with Crippen LogP contribution < -0.4 is 10.6 Å². The molecule has 3 nitrogen and oxygen atoms in total. The van der Waals surface area contributed by atoms with Gasteiger partial charge in [0.25, 0.3) is 0 Å². The number of nitrogens with zero attached hydrogens (tertiary/aromatic N) is 1. The Balaban J connectivity index is 2.10. The summed E-state index contributed by atoms with van der Waals surface area (Å²) >= 11 is 0. The minimum atomic E-state index is -0.306. The Morgan fingerprint density at radius 2 is 1.62 bits per heavy atom. The smallest absolute Gasteiger partial charge is 0.231 e. The second-order valence-electron chi connectivity index (χ2n) is 4.81. The van der Waals surface area contributed by atoms with Crippen molar-refractivity contribution in [2.24, 2.45) is 5.73 Å². The number of hydrogen-bond donors (Lipinski definition) is 1. The summed E-state index contributed by atoms with van der Waals surface area (Å²) in [7, 11) is 0. The van der Waals surface area contributed by atoms with E-state index in [9.17, 15) is 9.18 Å². The third-order valence-corrected chi connectivity index (χ3v) is 3.37. The fourth-order valence-electron chi connectivity index (χ4n) is 2.19. The summed E-state index contributed by atoms with van der Waals surface area (Å²) < 4.78 is 13.0. The summed E-state index contributed by atoms with van der Waals surface area (Å²) in [6.07, 6.45) is 0.316. The predicted molar refractivity (Wildman–Crippen MR) is 82.5 cm³/mol. The topological polar surface area (TPSA) is 46.3 Å². The monoisotopic (exact) mass is 286 g/mol. The number of benzene rings is 2. The molecule has 4 heteroatoms. The first-order valence-electron chi connectivity index (χ1n) is 6.98. The van der Waals surface area contributed by atoms with Crippen molar-refractivity contribution in [3.63, 3.8) is 0 Å². The van der Waals surface area contributed by atoms with Crippen LogP contribution in [0.5, 0.6) is 0 Å². The lowest BCUT2D eigenvalue weighted by Gasteiger charge is -2.21. The highest BCUT2D eigenvalue weighted by atomic mass is 19.1. The van der Waals surface area contributed by atoms with Crippen LogP contribution in [0, 0.1) is 5.82 Å². The van der Waals surface area contributed by atoms with E-state index in [0.29, 0.717) is 25.2 Å². The molecule has 2 aromatic carbocycles. The van der Waals surface area contributed by atoms with Gasteiger partial charge in [-0.15, -0.1) is 0 Å². The van der Waals surface area contributed by atoms with Crippen LogP contribution in [-0.4, -0.2) is 12.5 Å². The molecule has 1 amide bonds. The van der Waals surface area contributed by atoms with Gasteiger partial charge in [0.2, 0.25) is 5.91 Å². The third kappa shape index (κ3) is 3.89. The molecule has 2 N–H and O–H groups in total. The number of hydrogen-bond acceptors (Lipinski definition) is 2. The maximum Gasteiger partial charge on any atom is 0.231 e. The van der Waals surface area contributed by atoms with Crippen LogP contribution in [0.25, 0.3) is 0 Å². The molecule has 0 bridgehead atoms. The number of rotatable bonds is 5. The molecule has 0 heterocycles. The van der Waals surface area contributed by atoms with Crippen molar-refractivity contribution in [3.8, 4) is 0 Å². The number of nitrogens with two attached hydrogens (primary N) is 1. The third-order valence-electron chi connectivity index (χ3n) is 3.37. The Morgan fingerprint density at radius 1 is 1.05 bits per heavy atom. The zero-order valence-corrected chi connectivity index (χ0v) is 12.1. The van der Waals surface area contributed by atoms with Gasteiger partial charge < -0.3 is 10.6 Å². The molecule has 2 aromatic rings. The molecule has 0 aromatic heterocycles. The van der Waals surface area contributed by atoms with Crippen LogP contribution in [0.4, 0.5) is 10.1 Å². The van der Waals surface area contributed by atoms with Gasteiger partial charge in [-0.25, -0.2) is 4.39 Å². The largest absolute Gasteiger partial charge is 0.326 e. The lowest BCUT2D eigenvalue weighted by Crippen LogP contribution is -2.31. The fourth-order valence-corrected chi connectivity index (χ4v) is 2.19.